The third-order valence-electron chi connectivity index (χ3n) is 3.44. The Morgan fingerprint density at radius 3 is 2.65 bits per heavy atom. The Balaban J connectivity index is 2.02. The molecule has 5 nitrogen and oxygen atoms in total. The minimum Gasteiger partial charge on any atom is -0.463 e. The van der Waals surface area contributed by atoms with Gasteiger partial charge < -0.3 is 9.73 Å². The molecule has 0 saturated heterocycles. The number of hydrogen-bond acceptors (Lipinski definition) is 3. The molecule has 1 amide bonds. The maximum absolute atomic E-state index is 12.2. The molecule has 5 heteroatoms. The van der Waals surface area contributed by atoms with Crippen molar-refractivity contribution in [2.75, 3.05) is 5.32 Å². The summed E-state index contributed by atoms with van der Waals surface area (Å²) in [5.41, 5.74) is 2.96. The molecule has 0 fully saturated rings. The van der Waals surface area contributed by atoms with Gasteiger partial charge in [-0.1, -0.05) is 44.2 Å². The van der Waals surface area contributed by atoms with Crippen LogP contribution in [-0.4, -0.2) is 16.1 Å². The summed E-state index contributed by atoms with van der Waals surface area (Å²) in [6.07, 6.45) is 2.05. The Morgan fingerprint density at radius 1 is 1.22 bits per heavy atom. The Morgan fingerprint density at radius 2 is 2.00 bits per heavy atom. The van der Waals surface area contributed by atoms with E-state index in [1.54, 1.807) is 12.3 Å². The molecule has 2 heterocycles. The maximum atomic E-state index is 12.2. The lowest BCUT2D eigenvalue weighted by atomic mass is 10.1. The first-order valence-corrected chi connectivity index (χ1v) is 7.62. The summed E-state index contributed by atoms with van der Waals surface area (Å²) in [5.74, 6) is 0.889. The van der Waals surface area contributed by atoms with Gasteiger partial charge in [-0.05, 0) is 18.1 Å². The smallest absolute Gasteiger partial charge is 0.224 e. The van der Waals surface area contributed by atoms with E-state index in [2.05, 4.69) is 15.5 Å². The summed E-state index contributed by atoms with van der Waals surface area (Å²) < 4.78 is 5.45. The molecule has 3 aromatic rings. The third kappa shape index (κ3) is 3.34. The van der Waals surface area contributed by atoms with Gasteiger partial charge >= 0.3 is 0 Å². The van der Waals surface area contributed by atoms with Crippen LogP contribution in [0.4, 0.5) is 5.69 Å². The number of aromatic amines is 1. The lowest BCUT2D eigenvalue weighted by molar-refractivity contribution is -0.116. The Labute approximate surface area is 134 Å². The van der Waals surface area contributed by atoms with Crippen molar-refractivity contribution in [2.45, 2.75) is 20.3 Å². The van der Waals surface area contributed by atoms with E-state index in [0.29, 0.717) is 29.3 Å². The quantitative estimate of drug-likeness (QED) is 0.737. The van der Waals surface area contributed by atoms with Gasteiger partial charge in [-0.3, -0.25) is 9.89 Å². The Hall–Kier alpha value is -2.82. The number of hydrogen-bond donors (Lipinski definition) is 2. The van der Waals surface area contributed by atoms with Crippen molar-refractivity contribution < 1.29 is 9.21 Å². The summed E-state index contributed by atoms with van der Waals surface area (Å²) in [4.78, 5) is 12.2. The number of carbonyl (C=O) groups excluding carboxylic acids is 1. The molecule has 2 N–H and O–H groups in total. The largest absolute Gasteiger partial charge is 0.463 e. The molecule has 118 valence electrons. The topological polar surface area (TPSA) is 70.9 Å². The van der Waals surface area contributed by atoms with Crippen LogP contribution in [0.3, 0.4) is 0 Å². The molecule has 0 bridgehead atoms. The predicted octanol–water partition coefficient (Wildman–Crippen LogP) is 4.32. The van der Waals surface area contributed by atoms with Gasteiger partial charge in [-0.25, -0.2) is 0 Å². The fourth-order valence-electron chi connectivity index (χ4n) is 2.43. The van der Waals surface area contributed by atoms with E-state index in [4.69, 9.17) is 4.42 Å². The number of nitrogens with zero attached hydrogens (tertiary/aromatic N) is 1. The Bertz CT molecular complexity index is 774. The molecule has 0 spiro atoms. The van der Waals surface area contributed by atoms with E-state index in [1.165, 1.54) is 0 Å². The van der Waals surface area contributed by atoms with Gasteiger partial charge in [-0.2, -0.15) is 5.10 Å². The highest BCUT2D eigenvalue weighted by molar-refractivity contribution is 5.99. The number of rotatable bonds is 5. The number of carbonyl (C=O) groups is 1. The van der Waals surface area contributed by atoms with Gasteiger partial charge in [0.15, 0.2) is 5.76 Å². The molecular weight excluding hydrogens is 290 g/mol. The second-order valence-electron chi connectivity index (χ2n) is 5.81. The van der Waals surface area contributed by atoms with Gasteiger partial charge in [-0.15, -0.1) is 0 Å². The van der Waals surface area contributed by atoms with Gasteiger partial charge in [0.2, 0.25) is 5.91 Å². The van der Waals surface area contributed by atoms with Crippen LogP contribution in [0.15, 0.2) is 53.1 Å². The fourth-order valence-corrected chi connectivity index (χ4v) is 2.43. The number of H-pyrrole nitrogens is 1. The van der Waals surface area contributed by atoms with Crippen molar-refractivity contribution in [2.24, 2.45) is 5.92 Å². The summed E-state index contributed by atoms with van der Waals surface area (Å²) in [5, 5.41) is 10.3. The van der Waals surface area contributed by atoms with Crippen LogP contribution in [-0.2, 0) is 4.79 Å². The first-order chi connectivity index (χ1) is 11.1. The summed E-state index contributed by atoms with van der Waals surface area (Å²) in [7, 11) is 0. The number of anilines is 1. The second kappa shape index (κ2) is 6.52. The first kappa shape index (κ1) is 15.1. The molecule has 0 saturated carbocycles. The molecule has 0 unspecified atom stereocenters. The molecule has 0 atom stereocenters. The normalized spacial score (nSPS) is 10.9. The van der Waals surface area contributed by atoms with E-state index < -0.39 is 0 Å². The van der Waals surface area contributed by atoms with Gasteiger partial charge in [0.05, 0.1) is 12.0 Å². The van der Waals surface area contributed by atoms with Gasteiger partial charge in [0.25, 0.3) is 0 Å². The number of nitrogens with one attached hydrogen (secondary N) is 2. The molecular formula is C18H19N3O2. The van der Waals surface area contributed by atoms with Crippen molar-refractivity contribution in [3.05, 3.63) is 48.7 Å². The molecule has 1 aromatic carbocycles. The number of amides is 1. The molecule has 3 rings (SSSR count). The lowest BCUT2D eigenvalue weighted by Gasteiger charge is -2.09. The highest BCUT2D eigenvalue weighted by atomic mass is 16.3. The van der Waals surface area contributed by atoms with E-state index in [0.717, 1.165) is 5.56 Å². The zero-order valence-electron chi connectivity index (χ0n) is 13.2. The standard InChI is InChI=1S/C18H19N3O2/c1-12(2)11-15(22)19-18-16(13-7-4-3-5-8-13)20-21-17(18)14-9-6-10-23-14/h3-10,12H,11H2,1-2H3,(H,19,22)(H,20,21). The zero-order chi connectivity index (χ0) is 16.2. The van der Waals surface area contributed by atoms with Crippen molar-refractivity contribution in [3.8, 4) is 22.7 Å². The minimum absolute atomic E-state index is 0.0358. The van der Waals surface area contributed by atoms with E-state index in [9.17, 15) is 4.79 Å². The zero-order valence-corrected chi connectivity index (χ0v) is 13.2. The van der Waals surface area contributed by atoms with E-state index in [-0.39, 0.29) is 11.8 Å². The summed E-state index contributed by atoms with van der Waals surface area (Å²) in [6.45, 7) is 4.03. The molecule has 0 aliphatic carbocycles. The molecule has 0 aliphatic rings. The highest BCUT2D eigenvalue weighted by Gasteiger charge is 2.20. The minimum atomic E-state index is -0.0358. The monoisotopic (exact) mass is 309 g/mol. The van der Waals surface area contributed by atoms with Crippen LogP contribution in [0.2, 0.25) is 0 Å². The number of benzene rings is 1. The molecule has 23 heavy (non-hydrogen) atoms. The van der Waals surface area contributed by atoms with Crippen molar-refractivity contribution in [3.63, 3.8) is 0 Å². The van der Waals surface area contributed by atoms with Crippen LogP contribution in [0, 0.1) is 5.92 Å². The van der Waals surface area contributed by atoms with Gasteiger partial charge in [0, 0.05) is 12.0 Å². The molecule has 2 aromatic heterocycles. The molecule has 0 radical (unpaired) electrons. The van der Waals surface area contributed by atoms with Crippen molar-refractivity contribution >= 4 is 11.6 Å². The van der Waals surface area contributed by atoms with Crippen LogP contribution >= 0.6 is 0 Å². The van der Waals surface area contributed by atoms with E-state index in [1.807, 2.05) is 50.2 Å². The maximum Gasteiger partial charge on any atom is 0.224 e. The van der Waals surface area contributed by atoms with Crippen molar-refractivity contribution in [1.29, 1.82) is 0 Å². The summed E-state index contributed by atoms with van der Waals surface area (Å²) in [6, 6.07) is 13.4. The average Bonchev–Trinajstić information content (AvgIpc) is 3.16. The average molecular weight is 309 g/mol. The Kier molecular flexibility index (Phi) is 4.28. The SMILES string of the molecule is CC(C)CC(=O)Nc1c(-c2ccccc2)n[nH]c1-c1ccco1. The van der Waals surface area contributed by atoms with E-state index >= 15 is 0 Å². The number of furan rings is 1. The van der Waals surface area contributed by atoms with Crippen molar-refractivity contribution in [1.82, 2.24) is 10.2 Å². The second-order valence-corrected chi connectivity index (χ2v) is 5.81. The van der Waals surface area contributed by atoms with Gasteiger partial charge in [0.1, 0.15) is 11.4 Å². The van der Waals surface area contributed by atoms with Crippen LogP contribution in [0.1, 0.15) is 20.3 Å². The number of aromatic nitrogens is 2. The van der Waals surface area contributed by atoms with Crippen LogP contribution in [0.5, 0.6) is 0 Å². The summed E-state index contributed by atoms with van der Waals surface area (Å²) >= 11 is 0. The van der Waals surface area contributed by atoms with Crippen LogP contribution < -0.4 is 5.32 Å². The highest BCUT2D eigenvalue weighted by Crippen LogP contribution is 2.35. The van der Waals surface area contributed by atoms with Crippen LogP contribution in [0.25, 0.3) is 22.7 Å². The third-order valence-corrected chi connectivity index (χ3v) is 3.44. The first-order valence-electron chi connectivity index (χ1n) is 7.62. The molecule has 0 aliphatic heterocycles. The lowest BCUT2D eigenvalue weighted by Crippen LogP contribution is -2.14. The fraction of sp³-hybridized carbons (Fsp3) is 0.222. The predicted molar refractivity (Wildman–Crippen MR) is 89.8 cm³/mol.